The minimum Gasteiger partial charge on any atom is -0.462 e. The van der Waals surface area contributed by atoms with Crippen LogP contribution in [0.1, 0.15) is 194 Å². The van der Waals surface area contributed by atoms with Gasteiger partial charge < -0.3 is 49.3 Å². The van der Waals surface area contributed by atoms with E-state index in [2.05, 4.69) is 22.9 Å². The van der Waals surface area contributed by atoms with Crippen LogP contribution in [0.15, 0.2) is 0 Å². The lowest BCUT2D eigenvalue weighted by atomic mass is 9.85. The van der Waals surface area contributed by atoms with Crippen molar-refractivity contribution < 1.29 is 90.6 Å². The first-order chi connectivity index (χ1) is 29.8. The molecule has 1 aliphatic carbocycles. The van der Waals surface area contributed by atoms with E-state index in [1.54, 1.807) is 0 Å². The summed E-state index contributed by atoms with van der Waals surface area (Å²) in [6, 6.07) is 0. The molecule has 19 nitrogen and oxygen atoms in total. The van der Waals surface area contributed by atoms with E-state index < -0.39 is 91.3 Å². The van der Waals surface area contributed by atoms with Gasteiger partial charge in [-0.25, -0.2) is 13.7 Å². The zero-order valence-corrected chi connectivity index (χ0v) is 40.3. The maximum absolute atomic E-state index is 13.1. The fourth-order valence-corrected chi connectivity index (χ4v) is 9.50. The number of phosphoric acid groups is 3. The molecule has 0 aliphatic heterocycles. The molecular formula is C41H81O19P3. The van der Waals surface area contributed by atoms with Crippen molar-refractivity contribution in [2.75, 3.05) is 13.2 Å². The molecule has 1 saturated carbocycles. The van der Waals surface area contributed by atoms with Crippen molar-refractivity contribution in [1.82, 2.24) is 0 Å². The number of hydrogen-bond acceptors (Lipinski definition) is 14. The van der Waals surface area contributed by atoms with Crippen LogP contribution in [0.2, 0.25) is 0 Å². The highest BCUT2D eigenvalue weighted by Gasteiger charge is 2.56. The van der Waals surface area contributed by atoms with E-state index in [0.717, 1.165) is 57.8 Å². The van der Waals surface area contributed by atoms with Gasteiger partial charge in [-0.05, 0) is 12.8 Å². The second-order valence-electron chi connectivity index (χ2n) is 16.7. The molecule has 8 atom stereocenters. The maximum Gasteiger partial charge on any atom is 0.472 e. The predicted octanol–water partition coefficient (Wildman–Crippen LogP) is 7.96. The summed E-state index contributed by atoms with van der Waals surface area (Å²) in [7, 11) is -16.6. The number of ether oxygens (including phenoxy) is 2. The highest BCUT2D eigenvalue weighted by molar-refractivity contribution is 7.47. The number of phosphoric ester groups is 3. The third-order valence-electron chi connectivity index (χ3n) is 10.9. The molecule has 0 aromatic heterocycles. The zero-order chi connectivity index (χ0) is 47.2. The number of aliphatic hydroxyl groups is 3. The minimum absolute atomic E-state index is 0.00499. The number of rotatable bonds is 40. The van der Waals surface area contributed by atoms with Crippen LogP contribution in [-0.4, -0.2) is 108 Å². The summed E-state index contributed by atoms with van der Waals surface area (Å²) in [5.74, 6) is -1.29. The molecule has 1 fully saturated rings. The highest BCUT2D eigenvalue weighted by Crippen LogP contribution is 2.51. The molecular weight excluding hydrogens is 889 g/mol. The van der Waals surface area contributed by atoms with Crippen LogP contribution < -0.4 is 0 Å². The molecule has 0 bridgehead atoms. The van der Waals surface area contributed by atoms with Gasteiger partial charge >= 0.3 is 35.4 Å². The Morgan fingerprint density at radius 3 is 1.16 bits per heavy atom. The molecule has 0 aromatic rings. The van der Waals surface area contributed by atoms with E-state index in [0.29, 0.717) is 12.8 Å². The van der Waals surface area contributed by atoms with Gasteiger partial charge in [-0.2, -0.15) is 0 Å². The maximum atomic E-state index is 13.1. The molecule has 63 heavy (non-hydrogen) atoms. The van der Waals surface area contributed by atoms with Crippen molar-refractivity contribution in [3.8, 4) is 0 Å². The van der Waals surface area contributed by atoms with E-state index in [4.69, 9.17) is 18.5 Å². The van der Waals surface area contributed by atoms with Gasteiger partial charge in [-0.15, -0.1) is 0 Å². The number of aliphatic hydroxyl groups excluding tert-OH is 3. The first kappa shape index (κ1) is 60.2. The first-order valence-electron chi connectivity index (χ1n) is 23.3. The average Bonchev–Trinajstić information content (AvgIpc) is 3.20. The summed E-state index contributed by atoms with van der Waals surface area (Å²) in [6.45, 7) is 2.94. The molecule has 0 saturated heterocycles. The fourth-order valence-electron chi connectivity index (χ4n) is 7.41. The second-order valence-corrected chi connectivity index (χ2v) is 20.5. The lowest BCUT2D eigenvalue weighted by Crippen LogP contribution is -2.65. The Kier molecular flexibility index (Phi) is 32.9. The Hall–Kier alpha value is -0.850. The molecule has 0 spiro atoms. The Morgan fingerprint density at radius 2 is 0.778 bits per heavy atom. The van der Waals surface area contributed by atoms with Gasteiger partial charge in [0.15, 0.2) is 6.10 Å². The van der Waals surface area contributed by atoms with E-state index in [1.807, 2.05) is 0 Å². The third-order valence-corrected chi connectivity index (χ3v) is 12.9. The number of hydrogen-bond donors (Lipinski definition) is 8. The summed E-state index contributed by atoms with van der Waals surface area (Å²) in [5, 5.41) is 31.8. The van der Waals surface area contributed by atoms with Crippen LogP contribution in [0.3, 0.4) is 0 Å². The molecule has 0 heterocycles. The van der Waals surface area contributed by atoms with Crippen molar-refractivity contribution in [3.63, 3.8) is 0 Å². The Bertz CT molecular complexity index is 1350. The quantitative estimate of drug-likeness (QED) is 0.0164. The van der Waals surface area contributed by atoms with Crippen LogP contribution in [0.25, 0.3) is 0 Å². The summed E-state index contributed by atoms with van der Waals surface area (Å²) in [4.78, 5) is 73.0. The molecule has 0 aromatic carbocycles. The van der Waals surface area contributed by atoms with Gasteiger partial charge in [0.05, 0.1) is 6.61 Å². The SMILES string of the molecule is CCCCCCCCCCCCCCCCCC(=O)OC[C@H](COP(=O)(O)O[C@@H]1[C@H](O)[C@H](O)[C@@H](OP(=O)(O)O)[C@H](OP(=O)(O)O)[C@H]1O)OC(=O)CCCCCCCCCCCCC. The standard InChI is InChI=1S/C41H81O19P3/c1-3-5-7-9-11-13-15-16-17-18-20-21-23-25-27-29-34(42)55-31-33(57-35(43)30-28-26-24-22-19-14-12-10-8-6-4-2)32-56-63(53,54)60-39-36(44)37(45)40(58-61(47,48)49)41(38(39)46)59-62(50,51)52/h33,36-41,44-46H,3-32H2,1-2H3,(H,53,54)(H2,47,48,49)(H2,50,51,52)/t33-,36-,37+,38+,39-,40-,41-/m1/s1. The molecule has 1 unspecified atom stereocenters. The highest BCUT2D eigenvalue weighted by atomic mass is 31.2. The normalized spacial score (nSPS) is 22.1. The van der Waals surface area contributed by atoms with Gasteiger partial charge in [0.25, 0.3) is 0 Å². The Labute approximate surface area is 374 Å². The Morgan fingerprint density at radius 1 is 0.444 bits per heavy atom. The van der Waals surface area contributed by atoms with Crippen LogP contribution in [0.5, 0.6) is 0 Å². The van der Waals surface area contributed by atoms with Gasteiger partial charge in [0.2, 0.25) is 0 Å². The second kappa shape index (κ2) is 34.4. The van der Waals surface area contributed by atoms with Crippen LogP contribution in [-0.2, 0) is 50.9 Å². The number of unbranched alkanes of at least 4 members (excludes halogenated alkanes) is 24. The van der Waals surface area contributed by atoms with Crippen LogP contribution in [0.4, 0.5) is 0 Å². The van der Waals surface area contributed by atoms with Gasteiger partial charge in [-0.1, -0.05) is 168 Å². The van der Waals surface area contributed by atoms with Gasteiger partial charge in [0.1, 0.15) is 43.2 Å². The zero-order valence-electron chi connectivity index (χ0n) is 37.7. The van der Waals surface area contributed by atoms with Crippen molar-refractivity contribution >= 4 is 35.4 Å². The molecule has 22 heteroatoms. The predicted molar refractivity (Wildman–Crippen MR) is 234 cm³/mol. The Balaban J connectivity index is 2.72. The van der Waals surface area contributed by atoms with E-state index >= 15 is 0 Å². The smallest absolute Gasteiger partial charge is 0.462 e. The van der Waals surface area contributed by atoms with Crippen LogP contribution >= 0.6 is 23.5 Å². The van der Waals surface area contributed by atoms with E-state index in [9.17, 15) is 63.1 Å². The average molecular weight is 971 g/mol. The summed E-state index contributed by atoms with van der Waals surface area (Å²) >= 11 is 0. The molecule has 1 rings (SSSR count). The van der Waals surface area contributed by atoms with Crippen molar-refractivity contribution in [3.05, 3.63) is 0 Å². The number of carbonyl (C=O) groups is 2. The lowest BCUT2D eigenvalue weighted by molar-refractivity contribution is -0.213. The van der Waals surface area contributed by atoms with Gasteiger partial charge in [-0.3, -0.25) is 27.7 Å². The molecule has 0 amide bonds. The molecule has 8 N–H and O–H groups in total. The lowest BCUT2D eigenvalue weighted by Gasteiger charge is -2.44. The fraction of sp³-hybridized carbons (Fsp3) is 0.951. The molecule has 374 valence electrons. The van der Waals surface area contributed by atoms with Crippen LogP contribution in [0, 0.1) is 0 Å². The van der Waals surface area contributed by atoms with Gasteiger partial charge in [0, 0.05) is 12.8 Å². The number of carbonyl (C=O) groups excluding carboxylic acids is 2. The minimum atomic E-state index is -5.59. The van der Waals surface area contributed by atoms with E-state index in [-0.39, 0.29) is 12.8 Å². The van der Waals surface area contributed by atoms with E-state index in [1.165, 1.54) is 96.3 Å². The topological polar surface area (TPSA) is 303 Å². The summed E-state index contributed by atoms with van der Waals surface area (Å²) in [5.41, 5.74) is 0. The monoisotopic (exact) mass is 970 g/mol. The van der Waals surface area contributed by atoms with Crippen molar-refractivity contribution in [1.29, 1.82) is 0 Å². The largest absolute Gasteiger partial charge is 0.472 e. The third kappa shape index (κ3) is 30.9. The first-order valence-corrected chi connectivity index (χ1v) is 27.9. The molecule has 0 radical (unpaired) electrons. The summed E-state index contributed by atoms with van der Waals surface area (Å²) < 4.78 is 65.4. The number of esters is 2. The summed E-state index contributed by atoms with van der Waals surface area (Å²) in [6.07, 6.45) is 12.8. The molecule has 1 aliphatic rings. The van der Waals surface area contributed by atoms with Crippen molar-refractivity contribution in [2.45, 2.75) is 236 Å². The van der Waals surface area contributed by atoms with Crippen molar-refractivity contribution in [2.24, 2.45) is 0 Å².